The van der Waals surface area contributed by atoms with Gasteiger partial charge in [0.25, 0.3) is 0 Å². The molecule has 2 aliphatic heterocycles. The summed E-state index contributed by atoms with van der Waals surface area (Å²) in [6.45, 7) is 3.69. The Morgan fingerprint density at radius 3 is 2.62 bits per heavy atom. The van der Waals surface area contributed by atoms with Gasteiger partial charge in [0.15, 0.2) is 0 Å². The molecule has 0 bridgehead atoms. The molecule has 0 aromatic heterocycles. The van der Waals surface area contributed by atoms with E-state index in [1.54, 1.807) is 42.5 Å². The molecular weight excluding hydrogens is 688 g/mol. The van der Waals surface area contributed by atoms with Crippen molar-refractivity contribution in [3.05, 3.63) is 116 Å². The van der Waals surface area contributed by atoms with E-state index >= 15 is 0 Å². The lowest BCUT2D eigenvalue weighted by atomic mass is 9.58. The zero-order chi connectivity index (χ0) is 30.0. The van der Waals surface area contributed by atoms with Gasteiger partial charge in [-0.05, 0) is 102 Å². The minimum Gasteiger partial charge on any atom is -0.457 e. The number of carbonyl (C=O) groups is 3. The van der Waals surface area contributed by atoms with Gasteiger partial charge in [0.1, 0.15) is 11.5 Å². The topological polar surface area (TPSA) is 111 Å². The average Bonchev–Trinajstić information content (AvgIpc) is 3.26. The van der Waals surface area contributed by atoms with Crippen molar-refractivity contribution in [3.63, 3.8) is 0 Å². The number of rotatable bonds is 7. The summed E-state index contributed by atoms with van der Waals surface area (Å²) in [5.74, 6) is -0.487. The van der Waals surface area contributed by atoms with Crippen LogP contribution in [0.4, 0.5) is 0 Å². The maximum atomic E-state index is 14.2. The standard InChI is InChI=1S/C32H28Cl2IN3O4/c1-2-4-20(33)14-23-17-32(31(41)37-23)26(19-5-3-6-21(34)13-19)16-28(39)38-29(32)25-15-22(35)9-12-27(25)42-24-10-7-18(8-11-24)30(36)40/h2-12,14-15,19,26,29H,1,13,16-17H2,(H2,36,40)(H,37,41)(H,38,39)/b20-4+,23-14+/t19?,26-,29+,32-/m0/s1. The summed E-state index contributed by atoms with van der Waals surface area (Å²) < 4.78 is 7.21. The van der Waals surface area contributed by atoms with Crippen LogP contribution in [-0.2, 0) is 9.59 Å². The van der Waals surface area contributed by atoms with Gasteiger partial charge in [0.05, 0.1) is 11.5 Å². The highest BCUT2D eigenvalue weighted by Gasteiger charge is 2.61. The molecule has 7 nitrogen and oxygen atoms in total. The summed E-state index contributed by atoms with van der Waals surface area (Å²) in [6.07, 6.45) is 11.7. The molecule has 2 saturated heterocycles. The first-order valence-corrected chi connectivity index (χ1v) is 15.1. The Bertz CT molecular complexity index is 1580. The van der Waals surface area contributed by atoms with Crippen LogP contribution in [-0.4, -0.2) is 17.7 Å². The summed E-state index contributed by atoms with van der Waals surface area (Å²) in [5.41, 5.74) is 5.97. The highest BCUT2D eigenvalue weighted by molar-refractivity contribution is 14.1. The lowest BCUT2D eigenvalue weighted by Crippen LogP contribution is -2.56. The average molecular weight is 716 g/mol. The summed E-state index contributed by atoms with van der Waals surface area (Å²) in [5, 5.41) is 7.29. The van der Waals surface area contributed by atoms with E-state index in [9.17, 15) is 14.4 Å². The predicted octanol–water partition coefficient (Wildman–Crippen LogP) is 6.76. The SMILES string of the molecule is C=C/C=C(Cl)\C=C1/C[C@@]2(C(=O)N1)[C@@H](c1cc(I)ccc1Oc1ccc(C(N)=O)cc1)NC(=O)C[C@H]2C1C=CC=C(Cl)C1. The molecule has 4 N–H and O–H groups in total. The van der Waals surface area contributed by atoms with Crippen LogP contribution in [0.3, 0.4) is 0 Å². The van der Waals surface area contributed by atoms with Gasteiger partial charge in [0, 0.05) is 43.3 Å². The quantitative estimate of drug-likeness (QED) is 0.218. The molecule has 1 unspecified atom stereocenters. The highest BCUT2D eigenvalue weighted by atomic mass is 127. The lowest BCUT2D eigenvalue weighted by molar-refractivity contribution is -0.143. The van der Waals surface area contributed by atoms with Crippen molar-refractivity contribution >= 4 is 63.5 Å². The number of primary amides is 1. The third-order valence-electron chi connectivity index (χ3n) is 7.89. The van der Waals surface area contributed by atoms with Crippen LogP contribution >= 0.6 is 45.8 Å². The number of allylic oxidation sites excluding steroid dienone is 9. The van der Waals surface area contributed by atoms with Crippen LogP contribution in [0.5, 0.6) is 11.5 Å². The van der Waals surface area contributed by atoms with E-state index in [0.29, 0.717) is 51.2 Å². The lowest BCUT2D eigenvalue weighted by Gasteiger charge is -2.48. The molecule has 4 atom stereocenters. The maximum absolute atomic E-state index is 14.2. The molecule has 5 rings (SSSR count). The molecule has 3 amide bonds. The molecule has 1 spiro atoms. The summed E-state index contributed by atoms with van der Waals surface area (Å²) in [7, 11) is 0. The molecule has 0 radical (unpaired) electrons. The minimum atomic E-state index is -1.08. The summed E-state index contributed by atoms with van der Waals surface area (Å²) >= 11 is 15.1. The number of hydrogen-bond donors (Lipinski definition) is 3. The Morgan fingerprint density at radius 2 is 1.93 bits per heavy atom. The van der Waals surface area contributed by atoms with E-state index in [-0.39, 0.29) is 30.1 Å². The first-order valence-electron chi connectivity index (χ1n) is 13.3. The normalized spacial score (nSPS) is 26.5. The number of nitrogens with one attached hydrogen (secondary N) is 2. The fraction of sp³-hybridized carbons (Fsp3) is 0.219. The number of nitrogens with two attached hydrogens (primary N) is 1. The highest BCUT2D eigenvalue weighted by Crippen LogP contribution is 2.57. The number of hydrogen-bond acceptors (Lipinski definition) is 4. The number of amides is 3. The number of piperidine rings is 1. The largest absolute Gasteiger partial charge is 0.457 e. The predicted molar refractivity (Wildman–Crippen MR) is 172 cm³/mol. The van der Waals surface area contributed by atoms with E-state index < -0.39 is 17.4 Å². The van der Waals surface area contributed by atoms with Crippen LogP contribution in [0.1, 0.15) is 41.2 Å². The zero-order valence-electron chi connectivity index (χ0n) is 22.4. The molecule has 1 aliphatic carbocycles. The van der Waals surface area contributed by atoms with Crippen LogP contribution < -0.4 is 21.1 Å². The number of benzene rings is 2. The van der Waals surface area contributed by atoms with Gasteiger partial charge in [-0.3, -0.25) is 14.4 Å². The number of halogens is 3. The van der Waals surface area contributed by atoms with Gasteiger partial charge >= 0.3 is 0 Å². The second kappa shape index (κ2) is 12.5. The van der Waals surface area contributed by atoms with Crippen molar-refractivity contribution in [1.29, 1.82) is 0 Å². The molecule has 2 heterocycles. The van der Waals surface area contributed by atoms with E-state index in [1.165, 1.54) is 0 Å². The van der Waals surface area contributed by atoms with Crippen LogP contribution in [0.15, 0.2) is 101 Å². The van der Waals surface area contributed by atoms with E-state index in [2.05, 4.69) is 39.8 Å². The monoisotopic (exact) mass is 715 g/mol. The van der Waals surface area contributed by atoms with Gasteiger partial charge in [0.2, 0.25) is 17.7 Å². The van der Waals surface area contributed by atoms with Gasteiger partial charge in [-0.15, -0.1) is 0 Å². The zero-order valence-corrected chi connectivity index (χ0v) is 26.1. The van der Waals surface area contributed by atoms with Crippen molar-refractivity contribution < 1.29 is 19.1 Å². The van der Waals surface area contributed by atoms with Crippen LogP contribution in [0, 0.1) is 20.8 Å². The molecule has 10 heteroatoms. The molecule has 2 aromatic carbocycles. The summed E-state index contributed by atoms with van der Waals surface area (Å²) in [6, 6.07) is 11.4. The molecule has 2 aromatic rings. The Kier molecular flexibility index (Phi) is 8.96. The van der Waals surface area contributed by atoms with E-state index in [4.69, 9.17) is 33.7 Å². The maximum Gasteiger partial charge on any atom is 0.248 e. The Morgan fingerprint density at radius 1 is 1.17 bits per heavy atom. The summed E-state index contributed by atoms with van der Waals surface area (Å²) in [4.78, 5) is 39.2. The molecule has 3 aliphatic rings. The number of ether oxygens (including phenoxy) is 1. The van der Waals surface area contributed by atoms with Crippen molar-refractivity contribution in [1.82, 2.24) is 10.6 Å². The third kappa shape index (κ3) is 6.07. The molecule has 216 valence electrons. The first kappa shape index (κ1) is 30.1. The van der Waals surface area contributed by atoms with Crippen molar-refractivity contribution in [2.75, 3.05) is 0 Å². The molecule has 42 heavy (non-hydrogen) atoms. The Hall–Kier alpha value is -3.34. The smallest absolute Gasteiger partial charge is 0.248 e. The van der Waals surface area contributed by atoms with Gasteiger partial charge in [-0.2, -0.15) is 0 Å². The fourth-order valence-corrected chi connectivity index (χ4v) is 7.06. The Balaban J connectivity index is 1.64. The van der Waals surface area contributed by atoms with Gasteiger partial charge < -0.3 is 21.1 Å². The van der Waals surface area contributed by atoms with Crippen molar-refractivity contribution in [2.45, 2.75) is 25.3 Å². The second-order valence-corrected chi connectivity index (χ2v) is 12.6. The molecular formula is C32H28Cl2IN3O4. The second-order valence-electron chi connectivity index (χ2n) is 10.5. The van der Waals surface area contributed by atoms with E-state index in [1.807, 2.05) is 36.4 Å². The van der Waals surface area contributed by atoms with Gasteiger partial charge in [-0.25, -0.2) is 0 Å². The fourth-order valence-electron chi connectivity index (χ4n) is 6.07. The van der Waals surface area contributed by atoms with Crippen LogP contribution in [0.25, 0.3) is 0 Å². The Labute approximate surface area is 267 Å². The minimum absolute atomic E-state index is 0.145. The number of carbonyl (C=O) groups excluding carboxylic acids is 3. The van der Waals surface area contributed by atoms with Gasteiger partial charge in [-0.1, -0.05) is 48.0 Å². The molecule has 0 saturated carbocycles. The van der Waals surface area contributed by atoms with E-state index in [0.717, 1.165) is 3.57 Å². The molecule has 2 fully saturated rings. The van der Waals surface area contributed by atoms with Crippen molar-refractivity contribution in [2.24, 2.45) is 23.0 Å². The van der Waals surface area contributed by atoms with Crippen LogP contribution in [0.2, 0.25) is 0 Å². The van der Waals surface area contributed by atoms with Crippen molar-refractivity contribution in [3.8, 4) is 11.5 Å². The first-order chi connectivity index (χ1) is 20.1. The third-order valence-corrected chi connectivity index (χ3v) is 9.08.